The van der Waals surface area contributed by atoms with E-state index in [1.54, 1.807) is 7.11 Å². The number of piperidine rings is 1. The molecule has 0 radical (unpaired) electrons. The zero-order valence-electron chi connectivity index (χ0n) is 12.8. The summed E-state index contributed by atoms with van der Waals surface area (Å²) in [5.41, 5.74) is 0.398. The van der Waals surface area contributed by atoms with Crippen LogP contribution in [0.1, 0.15) is 49.9 Å². The molecule has 1 aliphatic rings. The number of Topliss-reactive ketones (excluding diaryl/α,β-unsaturated/α-hetero) is 1. The van der Waals surface area contributed by atoms with Gasteiger partial charge in [0.2, 0.25) is 0 Å². The third-order valence-electron chi connectivity index (χ3n) is 4.58. The Kier molecular flexibility index (Phi) is 4.81. The lowest BCUT2D eigenvalue weighted by atomic mass is 9.85. The van der Waals surface area contributed by atoms with Crippen LogP contribution >= 0.6 is 0 Å². The SMILES string of the molecule is CCC(C)(C(=O)c1ccc(OC)cc1)N1CCCCC1. The second-order valence-electron chi connectivity index (χ2n) is 5.73. The monoisotopic (exact) mass is 275 g/mol. The first kappa shape index (κ1) is 15.0. The molecule has 3 heteroatoms. The molecule has 2 rings (SSSR count). The van der Waals surface area contributed by atoms with Crippen molar-refractivity contribution >= 4 is 5.78 Å². The van der Waals surface area contributed by atoms with Crippen molar-refractivity contribution in [3.63, 3.8) is 0 Å². The molecule has 1 heterocycles. The molecule has 0 spiro atoms. The number of carbonyl (C=O) groups is 1. The van der Waals surface area contributed by atoms with Crippen molar-refractivity contribution in [2.45, 2.75) is 45.1 Å². The van der Waals surface area contributed by atoms with Crippen molar-refractivity contribution in [3.8, 4) is 5.75 Å². The standard InChI is InChI=1S/C17H25NO2/c1-4-17(2,18-12-6-5-7-13-18)16(19)14-8-10-15(20-3)11-9-14/h8-11H,4-7,12-13H2,1-3H3. The third-order valence-corrected chi connectivity index (χ3v) is 4.58. The first-order chi connectivity index (χ1) is 9.61. The van der Waals surface area contributed by atoms with Gasteiger partial charge in [0.25, 0.3) is 0 Å². The number of ketones is 1. The number of rotatable bonds is 5. The molecule has 1 unspecified atom stereocenters. The van der Waals surface area contributed by atoms with Crippen LogP contribution < -0.4 is 4.74 Å². The molecule has 0 saturated carbocycles. The van der Waals surface area contributed by atoms with E-state index in [2.05, 4.69) is 18.7 Å². The molecule has 0 N–H and O–H groups in total. The Hall–Kier alpha value is -1.35. The van der Waals surface area contributed by atoms with Crippen LogP contribution in [0, 0.1) is 0 Å². The normalized spacial score (nSPS) is 19.4. The largest absolute Gasteiger partial charge is 0.497 e. The zero-order chi connectivity index (χ0) is 14.6. The van der Waals surface area contributed by atoms with Crippen molar-refractivity contribution in [2.75, 3.05) is 20.2 Å². The second-order valence-corrected chi connectivity index (χ2v) is 5.73. The van der Waals surface area contributed by atoms with Gasteiger partial charge in [0, 0.05) is 5.56 Å². The fourth-order valence-corrected chi connectivity index (χ4v) is 2.97. The lowest BCUT2D eigenvalue weighted by molar-refractivity contribution is 0.0505. The van der Waals surface area contributed by atoms with Crippen LogP contribution in [0.3, 0.4) is 0 Å². The average Bonchev–Trinajstić information content (AvgIpc) is 2.54. The van der Waals surface area contributed by atoms with Crippen LogP contribution in [-0.2, 0) is 0 Å². The summed E-state index contributed by atoms with van der Waals surface area (Å²) in [6, 6.07) is 7.47. The number of likely N-dealkylation sites (tertiary alicyclic amines) is 1. The number of benzene rings is 1. The number of carbonyl (C=O) groups excluding carboxylic acids is 1. The fourth-order valence-electron chi connectivity index (χ4n) is 2.97. The Morgan fingerprint density at radius 3 is 2.30 bits per heavy atom. The number of hydrogen-bond acceptors (Lipinski definition) is 3. The summed E-state index contributed by atoms with van der Waals surface area (Å²) >= 11 is 0. The van der Waals surface area contributed by atoms with E-state index < -0.39 is 0 Å². The number of methoxy groups -OCH3 is 1. The lowest BCUT2D eigenvalue weighted by Gasteiger charge is -2.41. The maximum atomic E-state index is 12.9. The molecule has 1 atom stereocenters. The molecule has 1 aromatic carbocycles. The minimum Gasteiger partial charge on any atom is -0.497 e. The molecule has 1 fully saturated rings. The molecule has 0 aliphatic carbocycles. The first-order valence-corrected chi connectivity index (χ1v) is 7.55. The van der Waals surface area contributed by atoms with E-state index >= 15 is 0 Å². The number of nitrogens with zero attached hydrogens (tertiary/aromatic N) is 1. The van der Waals surface area contributed by atoms with Gasteiger partial charge in [-0.3, -0.25) is 9.69 Å². The highest BCUT2D eigenvalue weighted by molar-refractivity contribution is 6.03. The second kappa shape index (κ2) is 6.40. The van der Waals surface area contributed by atoms with Crippen LogP contribution in [0.4, 0.5) is 0 Å². The fraction of sp³-hybridized carbons (Fsp3) is 0.588. The van der Waals surface area contributed by atoms with Gasteiger partial charge in [0.1, 0.15) is 5.75 Å². The van der Waals surface area contributed by atoms with Gasteiger partial charge in [0.15, 0.2) is 5.78 Å². The maximum absolute atomic E-state index is 12.9. The number of ether oxygens (including phenoxy) is 1. The van der Waals surface area contributed by atoms with Gasteiger partial charge in [0.05, 0.1) is 12.6 Å². The van der Waals surface area contributed by atoms with Crippen LogP contribution in [0.25, 0.3) is 0 Å². The predicted octanol–water partition coefficient (Wildman–Crippen LogP) is 3.53. The first-order valence-electron chi connectivity index (χ1n) is 7.55. The molecular formula is C17H25NO2. The maximum Gasteiger partial charge on any atom is 0.182 e. The van der Waals surface area contributed by atoms with Gasteiger partial charge < -0.3 is 4.74 Å². The lowest BCUT2D eigenvalue weighted by Crippen LogP contribution is -2.53. The summed E-state index contributed by atoms with van der Waals surface area (Å²) in [5.74, 6) is 1.02. The van der Waals surface area contributed by atoms with Crippen LogP contribution in [0.2, 0.25) is 0 Å². The van der Waals surface area contributed by atoms with Crippen molar-refractivity contribution in [2.24, 2.45) is 0 Å². The summed E-state index contributed by atoms with van der Waals surface area (Å²) < 4.78 is 5.16. The van der Waals surface area contributed by atoms with E-state index in [0.29, 0.717) is 0 Å². The van der Waals surface area contributed by atoms with Crippen molar-refractivity contribution in [1.82, 2.24) is 4.90 Å². The molecule has 1 aliphatic heterocycles. The summed E-state index contributed by atoms with van der Waals surface area (Å²) in [6.45, 7) is 6.26. The van der Waals surface area contributed by atoms with E-state index in [4.69, 9.17) is 4.74 Å². The molecule has 110 valence electrons. The third kappa shape index (κ3) is 2.88. The summed E-state index contributed by atoms with van der Waals surface area (Å²) in [4.78, 5) is 15.3. The predicted molar refractivity (Wildman–Crippen MR) is 81.4 cm³/mol. The van der Waals surface area contributed by atoms with Gasteiger partial charge in [-0.05, 0) is 63.5 Å². The highest BCUT2D eigenvalue weighted by Gasteiger charge is 2.38. The van der Waals surface area contributed by atoms with Crippen molar-refractivity contribution in [1.29, 1.82) is 0 Å². The zero-order valence-corrected chi connectivity index (χ0v) is 12.8. The molecular weight excluding hydrogens is 250 g/mol. The smallest absolute Gasteiger partial charge is 0.182 e. The molecule has 3 nitrogen and oxygen atoms in total. The van der Waals surface area contributed by atoms with E-state index in [-0.39, 0.29) is 11.3 Å². The Bertz CT molecular complexity index is 449. The van der Waals surface area contributed by atoms with Crippen molar-refractivity contribution < 1.29 is 9.53 Å². The molecule has 0 aromatic heterocycles. The van der Waals surface area contributed by atoms with Gasteiger partial charge in [-0.25, -0.2) is 0 Å². The van der Waals surface area contributed by atoms with E-state index in [1.165, 1.54) is 19.3 Å². The van der Waals surface area contributed by atoms with Crippen LogP contribution in [0.5, 0.6) is 5.75 Å². The molecule has 0 amide bonds. The van der Waals surface area contributed by atoms with Gasteiger partial charge in [-0.2, -0.15) is 0 Å². The Labute approximate surface area is 121 Å². The Morgan fingerprint density at radius 1 is 1.20 bits per heavy atom. The summed E-state index contributed by atoms with van der Waals surface area (Å²) in [7, 11) is 1.64. The number of hydrogen-bond donors (Lipinski definition) is 0. The van der Waals surface area contributed by atoms with Gasteiger partial charge >= 0.3 is 0 Å². The van der Waals surface area contributed by atoms with Crippen LogP contribution in [-0.4, -0.2) is 36.4 Å². The highest BCUT2D eigenvalue weighted by atomic mass is 16.5. The summed E-state index contributed by atoms with van der Waals surface area (Å²) in [5, 5.41) is 0. The molecule has 20 heavy (non-hydrogen) atoms. The topological polar surface area (TPSA) is 29.5 Å². The molecule has 1 saturated heterocycles. The van der Waals surface area contributed by atoms with Gasteiger partial charge in [-0.15, -0.1) is 0 Å². The van der Waals surface area contributed by atoms with Crippen LogP contribution in [0.15, 0.2) is 24.3 Å². The Morgan fingerprint density at radius 2 is 1.80 bits per heavy atom. The minimum atomic E-state index is -0.380. The van der Waals surface area contributed by atoms with Gasteiger partial charge in [-0.1, -0.05) is 13.3 Å². The molecule has 1 aromatic rings. The van der Waals surface area contributed by atoms with Crippen molar-refractivity contribution in [3.05, 3.63) is 29.8 Å². The van der Waals surface area contributed by atoms with E-state index in [0.717, 1.165) is 30.8 Å². The average molecular weight is 275 g/mol. The minimum absolute atomic E-state index is 0.226. The van der Waals surface area contributed by atoms with E-state index in [1.807, 2.05) is 24.3 Å². The summed E-state index contributed by atoms with van der Waals surface area (Å²) in [6.07, 6.45) is 4.53. The highest BCUT2D eigenvalue weighted by Crippen LogP contribution is 2.28. The molecule has 0 bridgehead atoms. The van der Waals surface area contributed by atoms with E-state index in [9.17, 15) is 4.79 Å². The quantitative estimate of drug-likeness (QED) is 0.770. The Balaban J connectivity index is 2.22.